The fourth-order valence-corrected chi connectivity index (χ4v) is 1.57. The Morgan fingerprint density at radius 1 is 1.46 bits per heavy atom. The van der Waals surface area contributed by atoms with Crippen LogP contribution in [0, 0.1) is 6.92 Å². The molecule has 0 aliphatic carbocycles. The lowest BCUT2D eigenvalue weighted by Gasteiger charge is -2.13. The molecule has 1 aromatic rings. The number of aryl methyl sites for hydroxylation is 1. The topological polar surface area (TPSA) is 24.9 Å². The van der Waals surface area contributed by atoms with Gasteiger partial charge >= 0.3 is 0 Å². The van der Waals surface area contributed by atoms with Gasteiger partial charge in [0.1, 0.15) is 0 Å². The first-order chi connectivity index (χ1) is 6.36. The first kappa shape index (κ1) is 8.45. The fourth-order valence-electron chi connectivity index (χ4n) is 1.57. The number of hydrogen-bond acceptors (Lipinski definition) is 2. The second kappa shape index (κ2) is 3.71. The Morgan fingerprint density at radius 2 is 2.38 bits per heavy atom. The van der Waals surface area contributed by atoms with Gasteiger partial charge in [0.2, 0.25) is 0 Å². The minimum absolute atomic E-state index is 0.977. The smallest absolute Gasteiger partial charge is 0.0662 e. The van der Waals surface area contributed by atoms with Gasteiger partial charge in [-0.1, -0.05) is 6.08 Å². The summed E-state index contributed by atoms with van der Waals surface area (Å²) in [5.74, 6) is 0. The summed E-state index contributed by atoms with van der Waals surface area (Å²) in [6.07, 6.45) is 5.20. The van der Waals surface area contributed by atoms with Gasteiger partial charge < -0.3 is 5.32 Å². The van der Waals surface area contributed by atoms with Crippen molar-refractivity contribution in [3.05, 3.63) is 35.7 Å². The predicted molar refractivity (Wildman–Crippen MR) is 54.4 cm³/mol. The van der Waals surface area contributed by atoms with Crippen LogP contribution < -0.4 is 5.32 Å². The molecule has 0 fully saturated rings. The number of nitrogens with one attached hydrogen (secondary N) is 1. The molecule has 0 bridgehead atoms. The minimum Gasteiger partial charge on any atom is -0.313 e. The zero-order valence-corrected chi connectivity index (χ0v) is 7.88. The van der Waals surface area contributed by atoms with E-state index in [0.29, 0.717) is 0 Å². The summed E-state index contributed by atoms with van der Waals surface area (Å²) in [5, 5.41) is 3.29. The molecule has 0 amide bonds. The van der Waals surface area contributed by atoms with Gasteiger partial charge in [-0.15, -0.1) is 0 Å². The maximum Gasteiger partial charge on any atom is 0.0662 e. The summed E-state index contributed by atoms with van der Waals surface area (Å²) in [5.41, 5.74) is 3.80. The van der Waals surface area contributed by atoms with Crippen LogP contribution in [0.15, 0.2) is 24.4 Å². The number of rotatable bonds is 1. The molecule has 2 rings (SSSR count). The van der Waals surface area contributed by atoms with Crippen molar-refractivity contribution in [1.29, 1.82) is 0 Å². The van der Waals surface area contributed by atoms with Crippen molar-refractivity contribution in [1.82, 2.24) is 10.3 Å². The van der Waals surface area contributed by atoms with Crippen LogP contribution >= 0.6 is 0 Å². The molecule has 2 heteroatoms. The molecule has 0 saturated carbocycles. The minimum atomic E-state index is 0.977. The van der Waals surface area contributed by atoms with E-state index in [1.165, 1.54) is 11.1 Å². The Kier molecular flexibility index (Phi) is 2.41. The van der Waals surface area contributed by atoms with Gasteiger partial charge in [0.15, 0.2) is 0 Å². The third-order valence-electron chi connectivity index (χ3n) is 2.31. The number of nitrogens with zero attached hydrogens (tertiary/aromatic N) is 1. The average molecular weight is 174 g/mol. The Bertz CT molecular complexity index is 329. The van der Waals surface area contributed by atoms with E-state index in [9.17, 15) is 0 Å². The normalized spacial score (nSPS) is 16.8. The molecular weight excluding hydrogens is 160 g/mol. The van der Waals surface area contributed by atoms with Crippen LogP contribution in [0.3, 0.4) is 0 Å². The molecule has 2 heterocycles. The molecule has 0 aromatic carbocycles. The summed E-state index contributed by atoms with van der Waals surface area (Å²) in [7, 11) is 0. The average Bonchev–Trinajstić information content (AvgIpc) is 2.19. The Labute approximate surface area is 78.7 Å². The van der Waals surface area contributed by atoms with Gasteiger partial charge in [-0.05, 0) is 43.2 Å². The van der Waals surface area contributed by atoms with E-state index in [0.717, 1.165) is 25.2 Å². The quantitative estimate of drug-likeness (QED) is 0.701. The fraction of sp³-hybridized carbons (Fsp3) is 0.364. The molecule has 0 atom stereocenters. The summed E-state index contributed by atoms with van der Waals surface area (Å²) in [6, 6.07) is 4.18. The summed E-state index contributed by atoms with van der Waals surface area (Å²) in [6.45, 7) is 4.15. The van der Waals surface area contributed by atoms with Gasteiger partial charge in [0, 0.05) is 12.7 Å². The van der Waals surface area contributed by atoms with Gasteiger partial charge in [0.05, 0.1) is 5.69 Å². The van der Waals surface area contributed by atoms with Crippen molar-refractivity contribution >= 4 is 5.57 Å². The summed E-state index contributed by atoms with van der Waals surface area (Å²) < 4.78 is 0. The van der Waals surface area contributed by atoms with E-state index in [4.69, 9.17) is 0 Å². The van der Waals surface area contributed by atoms with Gasteiger partial charge in [-0.25, -0.2) is 0 Å². The Hall–Kier alpha value is -1.15. The van der Waals surface area contributed by atoms with Crippen LogP contribution in [-0.4, -0.2) is 18.1 Å². The van der Waals surface area contributed by atoms with E-state index in [1.807, 2.05) is 12.3 Å². The molecule has 2 nitrogen and oxygen atoms in total. The highest BCUT2D eigenvalue weighted by molar-refractivity contribution is 5.63. The number of hydrogen-bond donors (Lipinski definition) is 1. The van der Waals surface area contributed by atoms with Crippen molar-refractivity contribution < 1.29 is 0 Å². The third kappa shape index (κ3) is 1.95. The SMILES string of the molecule is Cc1ccnc(C2=CCNCC2)c1. The molecule has 68 valence electrons. The highest BCUT2D eigenvalue weighted by Gasteiger charge is 2.06. The van der Waals surface area contributed by atoms with Crippen molar-refractivity contribution in [2.75, 3.05) is 13.1 Å². The first-order valence-corrected chi connectivity index (χ1v) is 4.69. The molecule has 1 aliphatic heterocycles. The molecule has 0 radical (unpaired) electrons. The summed E-state index contributed by atoms with van der Waals surface area (Å²) in [4.78, 5) is 4.37. The molecule has 1 N–H and O–H groups in total. The first-order valence-electron chi connectivity index (χ1n) is 4.69. The van der Waals surface area contributed by atoms with E-state index < -0.39 is 0 Å². The lowest BCUT2D eigenvalue weighted by molar-refractivity contribution is 0.737. The Morgan fingerprint density at radius 3 is 3.08 bits per heavy atom. The van der Waals surface area contributed by atoms with Gasteiger partial charge in [-0.3, -0.25) is 4.98 Å². The highest BCUT2D eigenvalue weighted by Crippen LogP contribution is 2.17. The second-order valence-electron chi connectivity index (χ2n) is 3.40. The molecule has 1 aromatic heterocycles. The van der Waals surface area contributed by atoms with Crippen molar-refractivity contribution in [2.45, 2.75) is 13.3 Å². The van der Waals surface area contributed by atoms with Crippen LogP contribution in [0.5, 0.6) is 0 Å². The van der Waals surface area contributed by atoms with Gasteiger partial charge in [-0.2, -0.15) is 0 Å². The maximum atomic E-state index is 4.37. The second-order valence-corrected chi connectivity index (χ2v) is 3.40. The largest absolute Gasteiger partial charge is 0.313 e. The van der Waals surface area contributed by atoms with E-state index in [1.54, 1.807) is 0 Å². The lowest BCUT2D eigenvalue weighted by Crippen LogP contribution is -2.20. The monoisotopic (exact) mass is 174 g/mol. The van der Waals surface area contributed by atoms with Crippen LogP contribution in [0.1, 0.15) is 17.7 Å². The van der Waals surface area contributed by atoms with Crippen molar-refractivity contribution in [3.63, 3.8) is 0 Å². The third-order valence-corrected chi connectivity index (χ3v) is 2.31. The summed E-state index contributed by atoms with van der Waals surface area (Å²) >= 11 is 0. The number of pyridine rings is 1. The molecular formula is C11H14N2. The molecule has 0 saturated heterocycles. The molecule has 13 heavy (non-hydrogen) atoms. The standard InChI is InChI=1S/C11H14N2/c1-9-2-7-13-11(8-9)10-3-5-12-6-4-10/h2-3,7-8,12H,4-6H2,1H3. The van der Waals surface area contributed by atoms with Crippen molar-refractivity contribution in [2.24, 2.45) is 0 Å². The number of aromatic nitrogens is 1. The zero-order valence-electron chi connectivity index (χ0n) is 7.88. The highest BCUT2D eigenvalue weighted by atomic mass is 14.9. The van der Waals surface area contributed by atoms with Crippen LogP contribution in [0.25, 0.3) is 5.57 Å². The van der Waals surface area contributed by atoms with E-state index >= 15 is 0 Å². The molecule has 0 spiro atoms. The van der Waals surface area contributed by atoms with Gasteiger partial charge in [0.25, 0.3) is 0 Å². The maximum absolute atomic E-state index is 4.37. The van der Waals surface area contributed by atoms with Crippen LogP contribution in [0.2, 0.25) is 0 Å². The molecule has 0 unspecified atom stereocenters. The Balaban J connectivity index is 2.29. The van der Waals surface area contributed by atoms with E-state index in [-0.39, 0.29) is 0 Å². The van der Waals surface area contributed by atoms with Crippen molar-refractivity contribution in [3.8, 4) is 0 Å². The van der Waals surface area contributed by atoms with Crippen LogP contribution in [0.4, 0.5) is 0 Å². The zero-order chi connectivity index (χ0) is 9.10. The van der Waals surface area contributed by atoms with E-state index in [2.05, 4.69) is 29.4 Å². The predicted octanol–water partition coefficient (Wildman–Crippen LogP) is 1.77. The lowest BCUT2D eigenvalue weighted by atomic mass is 10.0. The molecule has 1 aliphatic rings. The van der Waals surface area contributed by atoms with Crippen LogP contribution in [-0.2, 0) is 0 Å².